The van der Waals surface area contributed by atoms with Crippen LogP contribution in [0, 0.1) is 5.41 Å². The summed E-state index contributed by atoms with van der Waals surface area (Å²) >= 11 is 7.65. The van der Waals surface area contributed by atoms with Gasteiger partial charge < -0.3 is 19.3 Å². The number of carbonyl (C=O) groups is 2. The van der Waals surface area contributed by atoms with Crippen molar-refractivity contribution in [2.75, 3.05) is 39.7 Å². The molecule has 2 rings (SSSR count). The molecule has 0 aliphatic carbocycles. The third-order valence-electron chi connectivity index (χ3n) is 5.42. The van der Waals surface area contributed by atoms with Crippen LogP contribution in [0.4, 0.5) is 0 Å². The van der Waals surface area contributed by atoms with Gasteiger partial charge in [0, 0.05) is 23.8 Å². The van der Waals surface area contributed by atoms with Gasteiger partial charge in [-0.25, -0.2) is 0 Å². The average molecular weight is 495 g/mol. The van der Waals surface area contributed by atoms with E-state index >= 15 is 0 Å². The third kappa shape index (κ3) is 7.64. The molecule has 0 unspecified atom stereocenters. The molecule has 1 aromatic heterocycles. The van der Waals surface area contributed by atoms with Gasteiger partial charge in [0.25, 0.3) is 0 Å². The quantitative estimate of drug-likeness (QED) is 0.374. The van der Waals surface area contributed by atoms with Crippen molar-refractivity contribution in [3.05, 3.63) is 46.2 Å². The zero-order chi connectivity index (χ0) is 24.4. The fourth-order valence-corrected chi connectivity index (χ4v) is 4.29. The first-order valence-electron chi connectivity index (χ1n) is 11.1. The Morgan fingerprint density at radius 3 is 2.36 bits per heavy atom. The molecule has 8 heteroatoms. The molecule has 1 aromatic carbocycles. The third-order valence-corrected chi connectivity index (χ3v) is 6.95. The largest absolute Gasteiger partial charge is 0.493 e. The number of halogens is 1. The van der Waals surface area contributed by atoms with Gasteiger partial charge in [-0.05, 0) is 55.8 Å². The van der Waals surface area contributed by atoms with E-state index in [2.05, 4.69) is 0 Å². The van der Waals surface area contributed by atoms with Crippen LogP contribution in [0.5, 0.6) is 11.5 Å². The van der Waals surface area contributed by atoms with Gasteiger partial charge in [-0.2, -0.15) is 0 Å². The first kappa shape index (κ1) is 27.0. The molecule has 2 amide bonds. The number of amides is 2. The second-order valence-corrected chi connectivity index (χ2v) is 9.88. The van der Waals surface area contributed by atoms with Crippen LogP contribution in [0.3, 0.4) is 0 Å². The van der Waals surface area contributed by atoms with E-state index in [1.165, 1.54) is 0 Å². The SMILES string of the molecule is CCCN(CC(=O)N(CCc1ccc(OC)c(OC)c1)Cc1cccs1)C(=O)C(C)(C)CCl. The molecule has 33 heavy (non-hydrogen) atoms. The predicted molar refractivity (Wildman–Crippen MR) is 134 cm³/mol. The summed E-state index contributed by atoms with van der Waals surface area (Å²) in [5.41, 5.74) is 0.330. The second kappa shape index (κ2) is 12.8. The van der Waals surface area contributed by atoms with Crippen LogP contribution in [-0.2, 0) is 22.6 Å². The van der Waals surface area contributed by atoms with E-state index in [1.54, 1.807) is 30.5 Å². The molecule has 6 nitrogen and oxygen atoms in total. The van der Waals surface area contributed by atoms with Gasteiger partial charge in [-0.15, -0.1) is 22.9 Å². The summed E-state index contributed by atoms with van der Waals surface area (Å²) in [5, 5.41) is 2.00. The van der Waals surface area contributed by atoms with Crippen LogP contribution in [0.2, 0.25) is 0 Å². The number of alkyl halides is 1. The highest BCUT2D eigenvalue weighted by Gasteiger charge is 2.32. The molecule has 1 heterocycles. The summed E-state index contributed by atoms with van der Waals surface area (Å²) < 4.78 is 10.7. The average Bonchev–Trinajstić information content (AvgIpc) is 3.33. The van der Waals surface area contributed by atoms with Crippen LogP contribution in [0.25, 0.3) is 0 Å². The number of methoxy groups -OCH3 is 2. The number of hydrogen-bond donors (Lipinski definition) is 0. The Kier molecular flexibility index (Phi) is 10.5. The predicted octanol–water partition coefficient (Wildman–Crippen LogP) is 4.84. The maximum atomic E-state index is 13.4. The van der Waals surface area contributed by atoms with Gasteiger partial charge in [0.15, 0.2) is 11.5 Å². The lowest BCUT2D eigenvalue weighted by molar-refractivity contribution is -0.145. The van der Waals surface area contributed by atoms with Gasteiger partial charge in [0.2, 0.25) is 11.8 Å². The molecule has 2 aromatic rings. The van der Waals surface area contributed by atoms with Crippen LogP contribution in [-0.4, -0.2) is 61.3 Å². The molecule has 0 radical (unpaired) electrons. The molecular formula is C25H35ClN2O4S. The Hall–Kier alpha value is -2.25. The Balaban J connectivity index is 2.18. The summed E-state index contributed by atoms with van der Waals surface area (Å²) in [6.07, 6.45) is 1.43. The van der Waals surface area contributed by atoms with Crippen LogP contribution < -0.4 is 9.47 Å². The van der Waals surface area contributed by atoms with Crippen LogP contribution >= 0.6 is 22.9 Å². The van der Waals surface area contributed by atoms with Crippen molar-refractivity contribution in [3.63, 3.8) is 0 Å². The van der Waals surface area contributed by atoms with Crippen molar-refractivity contribution in [1.29, 1.82) is 0 Å². The van der Waals surface area contributed by atoms with Crippen molar-refractivity contribution >= 4 is 34.8 Å². The van der Waals surface area contributed by atoms with Gasteiger partial charge >= 0.3 is 0 Å². The smallest absolute Gasteiger partial charge is 0.242 e. The fourth-order valence-electron chi connectivity index (χ4n) is 3.45. The van der Waals surface area contributed by atoms with Crippen molar-refractivity contribution in [1.82, 2.24) is 9.80 Å². The van der Waals surface area contributed by atoms with E-state index < -0.39 is 5.41 Å². The molecule has 0 fully saturated rings. The lowest BCUT2D eigenvalue weighted by Crippen LogP contribution is -2.48. The number of ether oxygens (including phenoxy) is 2. The van der Waals surface area contributed by atoms with Gasteiger partial charge in [-0.1, -0.05) is 19.1 Å². The van der Waals surface area contributed by atoms with Gasteiger partial charge in [-0.3, -0.25) is 9.59 Å². The number of carbonyl (C=O) groups excluding carboxylic acids is 2. The van der Waals surface area contributed by atoms with E-state index in [0.717, 1.165) is 16.9 Å². The van der Waals surface area contributed by atoms with Crippen molar-refractivity contribution < 1.29 is 19.1 Å². The highest BCUT2D eigenvalue weighted by atomic mass is 35.5. The molecule has 0 atom stereocenters. The maximum Gasteiger partial charge on any atom is 0.242 e. The fraction of sp³-hybridized carbons (Fsp3) is 0.520. The molecule has 0 aliphatic rings. The van der Waals surface area contributed by atoms with E-state index in [0.29, 0.717) is 37.6 Å². The standard InChI is InChI=1S/C25H35ClN2O4S/c1-6-12-28(24(30)25(2,3)18-26)17-23(29)27(16-20-8-7-14-33-20)13-11-19-9-10-21(31-4)22(15-19)32-5/h7-10,14-15H,6,11-13,16-18H2,1-5H3. The van der Waals surface area contributed by atoms with Crippen molar-refractivity contribution in [2.24, 2.45) is 5.41 Å². The topological polar surface area (TPSA) is 59.1 Å². The number of nitrogens with zero attached hydrogens (tertiary/aromatic N) is 2. The molecule has 0 saturated heterocycles. The second-order valence-electron chi connectivity index (χ2n) is 8.58. The van der Waals surface area contributed by atoms with Gasteiger partial charge in [0.05, 0.1) is 32.7 Å². The number of rotatable bonds is 13. The van der Waals surface area contributed by atoms with E-state index in [9.17, 15) is 9.59 Å². The Bertz CT molecular complexity index is 902. The molecule has 182 valence electrons. The van der Waals surface area contributed by atoms with E-state index in [-0.39, 0.29) is 24.2 Å². The number of hydrogen-bond acceptors (Lipinski definition) is 5. The molecule has 0 aliphatic heterocycles. The highest BCUT2D eigenvalue weighted by molar-refractivity contribution is 7.09. The normalized spacial score (nSPS) is 11.2. The van der Waals surface area contributed by atoms with E-state index in [1.807, 2.05) is 61.4 Å². The summed E-state index contributed by atoms with van der Waals surface area (Å²) in [6, 6.07) is 9.78. The van der Waals surface area contributed by atoms with Crippen LogP contribution in [0.1, 0.15) is 37.6 Å². The molecule has 0 saturated carbocycles. The monoisotopic (exact) mass is 494 g/mol. The minimum Gasteiger partial charge on any atom is -0.493 e. The molecule has 0 spiro atoms. The molecular weight excluding hydrogens is 460 g/mol. The van der Waals surface area contributed by atoms with Gasteiger partial charge in [0.1, 0.15) is 0 Å². The summed E-state index contributed by atoms with van der Waals surface area (Å²) in [7, 11) is 3.21. The van der Waals surface area contributed by atoms with E-state index in [4.69, 9.17) is 21.1 Å². The minimum atomic E-state index is -0.713. The molecule has 0 bridgehead atoms. The summed E-state index contributed by atoms with van der Waals surface area (Å²) in [4.78, 5) is 31.0. The lowest BCUT2D eigenvalue weighted by atomic mass is 9.94. The first-order chi connectivity index (χ1) is 15.7. The lowest BCUT2D eigenvalue weighted by Gasteiger charge is -2.32. The zero-order valence-electron chi connectivity index (χ0n) is 20.2. The summed E-state index contributed by atoms with van der Waals surface area (Å²) in [6.45, 7) is 7.23. The number of thiophene rings is 1. The summed E-state index contributed by atoms with van der Waals surface area (Å²) in [5.74, 6) is 1.37. The Labute approximate surface area is 206 Å². The maximum absolute atomic E-state index is 13.4. The van der Waals surface area contributed by atoms with Crippen LogP contribution in [0.15, 0.2) is 35.7 Å². The first-order valence-corrected chi connectivity index (χ1v) is 12.5. The van der Waals surface area contributed by atoms with Crippen molar-refractivity contribution in [2.45, 2.75) is 40.2 Å². The Morgan fingerprint density at radius 2 is 1.79 bits per heavy atom. The molecule has 0 N–H and O–H groups in total. The highest BCUT2D eigenvalue weighted by Crippen LogP contribution is 2.28. The zero-order valence-corrected chi connectivity index (χ0v) is 21.8. The van der Waals surface area contributed by atoms with Crippen molar-refractivity contribution in [3.8, 4) is 11.5 Å². The number of benzene rings is 1. The minimum absolute atomic E-state index is 0.0459. The Morgan fingerprint density at radius 1 is 1.06 bits per heavy atom.